The standard InChI is InChI=1S/C37H40N2O6/c1-5-6-18-42-33(36(40)39-31(24-44-37(39)41)22-28-13-9-7-10-14-28)23-29-20-25(2)34(26(3)21-29)43-19-17-32-27(4)45-35(38-32)30-15-11-8-12-16-30/h5,7-16,20-21,31,33H,1,6,17-19,22-24H2,2-4H3/t31-,33-/m0/s1. The first-order valence-corrected chi connectivity index (χ1v) is 15.3. The number of carbonyl (C=O) groups excluding carboxylic acids is 2. The molecule has 8 nitrogen and oxygen atoms in total. The van der Waals surface area contributed by atoms with Crippen molar-refractivity contribution < 1.29 is 28.2 Å². The number of ether oxygens (including phenoxy) is 3. The Balaban J connectivity index is 1.26. The molecular weight excluding hydrogens is 568 g/mol. The van der Waals surface area contributed by atoms with Gasteiger partial charge in [-0.2, -0.15) is 0 Å². The number of hydrogen-bond acceptors (Lipinski definition) is 7. The van der Waals surface area contributed by atoms with Crippen molar-refractivity contribution in [2.24, 2.45) is 0 Å². The highest BCUT2D eigenvalue weighted by Crippen LogP contribution is 2.28. The summed E-state index contributed by atoms with van der Waals surface area (Å²) < 4.78 is 23.5. The summed E-state index contributed by atoms with van der Waals surface area (Å²) in [6.07, 6.45) is 2.27. The van der Waals surface area contributed by atoms with E-state index in [4.69, 9.17) is 18.6 Å². The molecule has 0 spiro atoms. The van der Waals surface area contributed by atoms with Gasteiger partial charge in [-0.25, -0.2) is 14.7 Å². The zero-order chi connectivity index (χ0) is 31.8. The van der Waals surface area contributed by atoms with E-state index in [1.807, 2.05) is 93.6 Å². The lowest BCUT2D eigenvalue weighted by Gasteiger charge is -2.25. The Morgan fingerprint density at radius 3 is 2.40 bits per heavy atom. The first kappa shape index (κ1) is 31.7. The minimum Gasteiger partial charge on any atom is -0.493 e. The normalized spacial score (nSPS) is 15.1. The molecule has 1 saturated heterocycles. The predicted molar refractivity (Wildman–Crippen MR) is 172 cm³/mol. The van der Waals surface area contributed by atoms with Crippen molar-refractivity contribution >= 4 is 12.0 Å². The largest absolute Gasteiger partial charge is 0.493 e. The molecule has 0 bridgehead atoms. The second kappa shape index (κ2) is 14.9. The third kappa shape index (κ3) is 7.88. The van der Waals surface area contributed by atoms with Crippen LogP contribution in [0.4, 0.5) is 4.79 Å². The molecule has 1 aliphatic heterocycles. The topological polar surface area (TPSA) is 91.1 Å². The molecular formula is C37H40N2O6. The molecule has 4 aromatic rings. The Labute approximate surface area is 264 Å². The third-order valence-corrected chi connectivity index (χ3v) is 7.87. The summed E-state index contributed by atoms with van der Waals surface area (Å²) in [5.41, 5.74) is 5.65. The summed E-state index contributed by atoms with van der Waals surface area (Å²) in [5.74, 6) is 1.79. The summed E-state index contributed by atoms with van der Waals surface area (Å²) in [4.78, 5) is 32.5. The van der Waals surface area contributed by atoms with Crippen LogP contribution in [0.2, 0.25) is 0 Å². The molecule has 8 heteroatoms. The van der Waals surface area contributed by atoms with E-state index in [9.17, 15) is 9.59 Å². The van der Waals surface area contributed by atoms with Crippen molar-refractivity contribution in [3.05, 3.63) is 119 Å². The molecule has 1 fully saturated rings. The van der Waals surface area contributed by atoms with Gasteiger partial charge in [0.05, 0.1) is 24.9 Å². The maximum Gasteiger partial charge on any atom is 0.417 e. The van der Waals surface area contributed by atoms with Crippen LogP contribution in [-0.4, -0.2) is 53.9 Å². The van der Waals surface area contributed by atoms with E-state index in [0.29, 0.717) is 44.8 Å². The number of aryl methyl sites for hydroxylation is 3. The van der Waals surface area contributed by atoms with E-state index in [2.05, 4.69) is 11.6 Å². The average Bonchev–Trinajstić information content (AvgIpc) is 3.59. The van der Waals surface area contributed by atoms with Crippen LogP contribution < -0.4 is 4.74 Å². The maximum atomic E-state index is 13.8. The van der Waals surface area contributed by atoms with Crippen LogP contribution in [0.25, 0.3) is 11.5 Å². The number of benzene rings is 3. The number of carbonyl (C=O) groups is 2. The van der Waals surface area contributed by atoms with E-state index in [0.717, 1.165) is 45.0 Å². The molecule has 0 N–H and O–H groups in total. The van der Waals surface area contributed by atoms with Crippen molar-refractivity contribution in [1.82, 2.24) is 9.88 Å². The van der Waals surface area contributed by atoms with E-state index >= 15 is 0 Å². The number of aromatic nitrogens is 1. The lowest BCUT2D eigenvalue weighted by molar-refractivity contribution is -0.141. The Bertz CT molecular complexity index is 1590. The summed E-state index contributed by atoms with van der Waals surface area (Å²) in [6.45, 7) is 10.6. The first-order chi connectivity index (χ1) is 21.8. The molecule has 1 aromatic heterocycles. The number of oxazole rings is 1. The van der Waals surface area contributed by atoms with Gasteiger partial charge < -0.3 is 18.6 Å². The average molecular weight is 609 g/mol. The maximum absolute atomic E-state index is 13.8. The van der Waals surface area contributed by atoms with Gasteiger partial charge in [-0.1, -0.05) is 66.7 Å². The fraction of sp³-hybridized carbons (Fsp3) is 0.324. The van der Waals surface area contributed by atoms with Crippen molar-refractivity contribution in [1.29, 1.82) is 0 Å². The van der Waals surface area contributed by atoms with Gasteiger partial charge in [-0.3, -0.25) is 4.79 Å². The Kier molecular flexibility index (Phi) is 10.5. The van der Waals surface area contributed by atoms with Crippen molar-refractivity contribution in [2.45, 2.75) is 58.6 Å². The molecule has 3 aromatic carbocycles. The van der Waals surface area contributed by atoms with Crippen molar-refractivity contribution in [3.63, 3.8) is 0 Å². The predicted octanol–water partition coefficient (Wildman–Crippen LogP) is 6.98. The summed E-state index contributed by atoms with van der Waals surface area (Å²) in [7, 11) is 0. The van der Waals surface area contributed by atoms with Gasteiger partial charge in [-0.15, -0.1) is 6.58 Å². The quantitative estimate of drug-likeness (QED) is 0.113. The van der Waals surface area contributed by atoms with Gasteiger partial charge in [-0.05, 0) is 68.0 Å². The van der Waals surface area contributed by atoms with Gasteiger partial charge >= 0.3 is 6.09 Å². The Morgan fingerprint density at radius 1 is 1.02 bits per heavy atom. The lowest BCUT2D eigenvalue weighted by atomic mass is 9.99. The van der Waals surface area contributed by atoms with Gasteiger partial charge in [0.1, 0.15) is 24.2 Å². The molecule has 45 heavy (non-hydrogen) atoms. The van der Waals surface area contributed by atoms with E-state index in [-0.39, 0.29) is 6.61 Å². The summed E-state index contributed by atoms with van der Waals surface area (Å²) in [6, 6.07) is 23.2. The van der Waals surface area contributed by atoms with Crippen LogP contribution in [-0.2, 0) is 33.5 Å². The highest BCUT2D eigenvalue weighted by atomic mass is 16.6. The Morgan fingerprint density at radius 2 is 1.71 bits per heavy atom. The van der Waals surface area contributed by atoms with Gasteiger partial charge in [0, 0.05) is 18.4 Å². The first-order valence-electron chi connectivity index (χ1n) is 15.3. The van der Waals surface area contributed by atoms with Gasteiger partial charge in [0.2, 0.25) is 5.89 Å². The van der Waals surface area contributed by atoms with E-state index < -0.39 is 24.1 Å². The van der Waals surface area contributed by atoms with E-state index in [1.165, 1.54) is 4.90 Å². The second-order valence-electron chi connectivity index (χ2n) is 11.3. The smallest absolute Gasteiger partial charge is 0.417 e. The van der Waals surface area contributed by atoms with Gasteiger partial charge in [0.25, 0.3) is 5.91 Å². The molecule has 2 atom stereocenters. The molecule has 0 unspecified atom stereocenters. The Hall–Kier alpha value is -4.69. The fourth-order valence-corrected chi connectivity index (χ4v) is 5.65. The number of hydrogen-bond donors (Lipinski definition) is 0. The molecule has 0 saturated carbocycles. The second-order valence-corrected chi connectivity index (χ2v) is 11.3. The molecule has 0 aliphatic carbocycles. The third-order valence-electron chi connectivity index (χ3n) is 7.87. The van der Waals surface area contributed by atoms with Crippen LogP contribution in [0.1, 0.15) is 40.1 Å². The summed E-state index contributed by atoms with van der Waals surface area (Å²) >= 11 is 0. The molecule has 5 rings (SSSR count). The lowest BCUT2D eigenvalue weighted by Crippen LogP contribution is -2.47. The van der Waals surface area contributed by atoms with Crippen molar-refractivity contribution in [2.75, 3.05) is 19.8 Å². The highest BCUT2D eigenvalue weighted by Gasteiger charge is 2.41. The number of rotatable bonds is 14. The van der Waals surface area contributed by atoms with E-state index in [1.54, 1.807) is 6.08 Å². The number of amides is 2. The summed E-state index contributed by atoms with van der Waals surface area (Å²) in [5, 5.41) is 0. The molecule has 1 aliphatic rings. The highest BCUT2D eigenvalue weighted by molar-refractivity contribution is 5.96. The van der Waals surface area contributed by atoms with Crippen LogP contribution in [0.15, 0.2) is 89.9 Å². The molecule has 234 valence electrons. The SMILES string of the molecule is C=CCCO[C@@H](Cc1cc(C)c(OCCc2nc(-c3ccccc3)oc2C)c(C)c1)C(=O)N1C(=O)OC[C@@H]1Cc1ccccc1. The van der Waals surface area contributed by atoms with Gasteiger partial charge in [0.15, 0.2) is 0 Å². The molecule has 0 radical (unpaired) electrons. The zero-order valence-corrected chi connectivity index (χ0v) is 26.2. The number of cyclic esters (lactones) is 1. The van der Waals surface area contributed by atoms with Crippen LogP contribution in [0.5, 0.6) is 5.75 Å². The van der Waals surface area contributed by atoms with Crippen LogP contribution in [0.3, 0.4) is 0 Å². The molecule has 2 heterocycles. The number of nitrogens with zero attached hydrogens (tertiary/aromatic N) is 2. The monoisotopic (exact) mass is 608 g/mol. The van der Waals surface area contributed by atoms with Crippen molar-refractivity contribution in [3.8, 4) is 17.2 Å². The molecule has 2 amide bonds. The fourth-order valence-electron chi connectivity index (χ4n) is 5.65. The van der Waals surface area contributed by atoms with Crippen LogP contribution in [0, 0.1) is 20.8 Å². The minimum absolute atomic E-state index is 0.157. The number of imide groups is 1. The zero-order valence-electron chi connectivity index (χ0n) is 26.2. The minimum atomic E-state index is -0.853. The van der Waals surface area contributed by atoms with Crippen LogP contribution >= 0.6 is 0 Å².